The van der Waals surface area contributed by atoms with Crippen LogP contribution in [0.15, 0.2) is 0 Å². The topological polar surface area (TPSA) is 29.5 Å². The van der Waals surface area contributed by atoms with Crippen molar-refractivity contribution in [2.45, 2.75) is 148 Å². The Morgan fingerprint density at radius 2 is 1.20 bits per heavy atom. The van der Waals surface area contributed by atoms with E-state index in [1.54, 1.807) is 0 Å². The molecule has 0 unspecified atom stereocenters. The molecule has 0 aromatic rings. The number of carbonyl (C=O) groups excluding carboxylic acids is 1. The average Bonchev–Trinajstić information content (AvgIpc) is 3.26. The Bertz CT molecular complexity index is 363. The van der Waals surface area contributed by atoms with Gasteiger partial charge in [0.25, 0.3) is 0 Å². The molecule has 0 bridgehead atoms. The molecule has 30 heavy (non-hydrogen) atoms. The predicted octanol–water partition coefficient (Wildman–Crippen LogP) is 8.06. The minimum Gasteiger partial charge on any atom is -0.462 e. The summed E-state index contributed by atoms with van der Waals surface area (Å²) in [6, 6.07) is 0. The highest BCUT2D eigenvalue weighted by molar-refractivity contribution is 5.69. The highest BCUT2D eigenvalue weighted by atomic mass is 16.5. The molecule has 1 aliphatic heterocycles. The maximum atomic E-state index is 12.4. The minimum absolute atomic E-state index is 0.0538. The number of rotatable bonds is 21. The molecule has 0 saturated carbocycles. The third-order valence-corrected chi connectivity index (χ3v) is 6.61. The molecule has 1 fully saturated rings. The van der Waals surface area contributed by atoms with Crippen molar-refractivity contribution in [2.75, 3.05) is 19.6 Å². The Balaban J connectivity index is 2.16. The summed E-state index contributed by atoms with van der Waals surface area (Å²) in [6.45, 7) is 8.31. The first-order valence-electron chi connectivity index (χ1n) is 13.7. The molecule has 0 aromatic heterocycles. The quantitative estimate of drug-likeness (QED) is 0.138. The summed E-state index contributed by atoms with van der Waals surface area (Å²) in [6.07, 6.45) is 24.8. The fraction of sp³-hybridized carbons (Fsp3) is 0.963. The van der Waals surface area contributed by atoms with Crippen molar-refractivity contribution in [3.63, 3.8) is 0 Å². The Morgan fingerprint density at radius 3 is 1.77 bits per heavy atom. The van der Waals surface area contributed by atoms with Crippen LogP contribution in [0.1, 0.15) is 142 Å². The van der Waals surface area contributed by atoms with Gasteiger partial charge in [-0.1, -0.05) is 84.5 Å². The molecule has 178 valence electrons. The van der Waals surface area contributed by atoms with Gasteiger partial charge in [0.15, 0.2) is 0 Å². The first-order valence-corrected chi connectivity index (χ1v) is 13.7. The molecule has 1 saturated heterocycles. The van der Waals surface area contributed by atoms with E-state index in [2.05, 4.69) is 18.7 Å². The summed E-state index contributed by atoms with van der Waals surface area (Å²) in [5.74, 6) is 0.0538. The van der Waals surface area contributed by atoms with Gasteiger partial charge in [-0.05, 0) is 71.0 Å². The molecule has 3 heteroatoms. The van der Waals surface area contributed by atoms with Crippen LogP contribution in [-0.2, 0) is 9.53 Å². The lowest BCUT2D eigenvalue weighted by Crippen LogP contribution is -2.20. The fourth-order valence-electron chi connectivity index (χ4n) is 4.60. The van der Waals surface area contributed by atoms with Crippen LogP contribution in [0.25, 0.3) is 0 Å². The lowest BCUT2D eigenvalue weighted by atomic mass is 10.0. The van der Waals surface area contributed by atoms with E-state index in [-0.39, 0.29) is 12.1 Å². The molecule has 0 radical (unpaired) electrons. The second-order valence-corrected chi connectivity index (χ2v) is 9.58. The summed E-state index contributed by atoms with van der Waals surface area (Å²) in [5, 5.41) is 0. The highest BCUT2D eigenvalue weighted by Gasteiger charge is 2.15. The summed E-state index contributed by atoms with van der Waals surface area (Å²) < 4.78 is 5.94. The molecule has 1 rings (SSSR count). The molecule has 0 atom stereocenters. The first-order chi connectivity index (χ1) is 14.8. The zero-order valence-electron chi connectivity index (χ0n) is 20.6. The molecule has 1 heterocycles. The van der Waals surface area contributed by atoms with E-state index in [1.807, 2.05) is 0 Å². The van der Waals surface area contributed by atoms with Crippen LogP contribution in [0.4, 0.5) is 0 Å². The lowest BCUT2D eigenvalue weighted by Gasteiger charge is -2.18. The van der Waals surface area contributed by atoms with Gasteiger partial charge in [-0.3, -0.25) is 4.79 Å². The van der Waals surface area contributed by atoms with Crippen molar-refractivity contribution < 1.29 is 9.53 Å². The predicted molar refractivity (Wildman–Crippen MR) is 130 cm³/mol. The van der Waals surface area contributed by atoms with Crippen LogP contribution < -0.4 is 0 Å². The molecule has 1 aliphatic rings. The van der Waals surface area contributed by atoms with Gasteiger partial charge in [0, 0.05) is 6.42 Å². The van der Waals surface area contributed by atoms with Crippen molar-refractivity contribution in [1.82, 2.24) is 4.90 Å². The van der Waals surface area contributed by atoms with E-state index in [0.717, 1.165) is 25.7 Å². The van der Waals surface area contributed by atoms with E-state index in [9.17, 15) is 4.79 Å². The van der Waals surface area contributed by atoms with E-state index < -0.39 is 0 Å². The van der Waals surface area contributed by atoms with Crippen molar-refractivity contribution >= 4 is 5.97 Å². The van der Waals surface area contributed by atoms with Crippen LogP contribution in [0, 0.1) is 0 Å². The van der Waals surface area contributed by atoms with E-state index in [4.69, 9.17) is 4.74 Å². The Kier molecular flexibility index (Phi) is 18.6. The first kappa shape index (κ1) is 27.5. The van der Waals surface area contributed by atoms with Gasteiger partial charge in [0.05, 0.1) is 0 Å². The van der Waals surface area contributed by atoms with Gasteiger partial charge >= 0.3 is 5.97 Å². The van der Waals surface area contributed by atoms with Crippen molar-refractivity contribution in [1.29, 1.82) is 0 Å². The van der Waals surface area contributed by atoms with Crippen molar-refractivity contribution in [3.8, 4) is 0 Å². The summed E-state index contributed by atoms with van der Waals surface area (Å²) >= 11 is 0. The van der Waals surface area contributed by atoms with E-state index in [0.29, 0.717) is 6.42 Å². The van der Waals surface area contributed by atoms with Crippen molar-refractivity contribution in [2.24, 2.45) is 0 Å². The van der Waals surface area contributed by atoms with Gasteiger partial charge in [0.1, 0.15) is 6.10 Å². The normalized spacial score (nSPS) is 14.6. The smallest absolute Gasteiger partial charge is 0.306 e. The monoisotopic (exact) mass is 423 g/mol. The number of hydrogen-bond donors (Lipinski definition) is 0. The molecule has 0 aromatic carbocycles. The number of ether oxygens (including phenoxy) is 1. The minimum atomic E-state index is 0.0538. The molecule has 0 aliphatic carbocycles. The highest BCUT2D eigenvalue weighted by Crippen LogP contribution is 2.18. The van der Waals surface area contributed by atoms with Crippen LogP contribution in [0.2, 0.25) is 0 Å². The molecule has 3 nitrogen and oxygen atoms in total. The van der Waals surface area contributed by atoms with Crippen LogP contribution >= 0.6 is 0 Å². The Morgan fingerprint density at radius 1 is 0.700 bits per heavy atom. The number of hydrogen-bond acceptors (Lipinski definition) is 3. The van der Waals surface area contributed by atoms with Gasteiger partial charge in [-0.2, -0.15) is 0 Å². The maximum Gasteiger partial charge on any atom is 0.306 e. The second-order valence-electron chi connectivity index (χ2n) is 9.58. The zero-order chi connectivity index (χ0) is 21.7. The number of unbranched alkanes of at least 4 members (excludes halogenated alkanes) is 12. The van der Waals surface area contributed by atoms with Crippen molar-refractivity contribution in [3.05, 3.63) is 0 Å². The average molecular weight is 424 g/mol. The van der Waals surface area contributed by atoms with E-state index >= 15 is 0 Å². The maximum absolute atomic E-state index is 12.4. The number of carbonyl (C=O) groups is 1. The number of esters is 1. The lowest BCUT2D eigenvalue weighted by molar-refractivity contribution is -0.150. The molecule has 0 spiro atoms. The SMILES string of the molecule is CCCCCCCCC(CCCCCCCC)OC(=O)CCCCCN1CCCC1. The van der Waals surface area contributed by atoms with Crippen LogP contribution in [-0.4, -0.2) is 36.6 Å². The number of likely N-dealkylation sites (tertiary alicyclic amines) is 1. The van der Waals surface area contributed by atoms with Gasteiger partial charge in [-0.15, -0.1) is 0 Å². The van der Waals surface area contributed by atoms with Gasteiger partial charge in [-0.25, -0.2) is 0 Å². The van der Waals surface area contributed by atoms with Gasteiger partial charge < -0.3 is 9.64 Å². The van der Waals surface area contributed by atoms with Crippen LogP contribution in [0.5, 0.6) is 0 Å². The molecule has 0 amide bonds. The van der Waals surface area contributed by atoms with E-state index in [1.165, 1.54) is 116 Å². The molecule has 0 N–H and O–H groups in total. The summed E-state index contributed by atoms with van der Waals surface area (Å²) in [5.41, 5.74) is 0. The summed E-state index contributed by atoms with van der Waals surface area (Å²) in [4.78, 5) is 15.0. The zero-order valence-corrected chi connectivity index (χ0v) is 20.6. The number of nitrogens with zero attached hydrogens (tertiary/aromatic N) is 1. The molecular formula is C27H53NO2. The molecular weight excluding hydrogens is 370 g/mol. The fourth-order valence-corrected chi connectivity index (χ4v) is 4.60. The Hall–Kier alpha value is -0.570. The second kappa shape index (κ2) is 20.3. The van der Waals surface area contributed by atoms with Crippen LogP contribution in [0.3, 0.4) is 0 Å². The summed E-state index contributed by atoms with van der Waals surface area (Å²) in [7, 11) is 0. The third-order valence-electron chi connectivity index (χ3n) is 6.61. The largest absolute Gasteiger partial charge is 0.462 e. The van der Waals surface area contributed by atoms with Gasteiger partial charge in [0.2, 0.25) is 0 Å². The third kappa shape index (κ3) is 16.2. The Labute approximate surface area is 188 Å². The standard InChI is InChI=1S/C27H53NO2/c1-3-5-7-9-11-14-20-26(21-15-12-10-8-6-4-2)30-27(29)22-16-13-17-23-28-24-18-19-25-28/h26H,3-25H2,1-2H3.